The molecule has 1 spiro atoms. The van der Waals surface area contributed by atoms with Gasteiger partial charge in [0.25, 0.3) is 0 Å². The summed E-state index contributed by atoms with van der Waals surface area (Å²) in [5, 5.41) is 0. The Labute approximate surface area is 203 Å². The average Bonchev–Trinajstić information content (AvgIpc) is 2.80. The molecule has 34 heavy (non-hydrogen) atoms. The number of anilines is 2. The molecule has 5 heteroatoms. The highest BCUT2D eigenvalue weighted by molar-refractivity contribution is 5.52. The van der Waals surface area contributed by atoms with Crippen molar-refractivity contribution in [3.05, 3.63) is 82.7 Å². The van der Waals surface area contributed by atoms with Gasteiger partial charge in [-0.3, -0.25) is 0 Å². The van der Waals surface area contributed by atoms with Crippen molar-refractivity contribution < 1.29 is 0 Å². The van der Waals surface area contributed by atoms with E-state index in [4.69, 9.17) is 9.97 Å². The minimum absolute atomic E-state index is 0.0185. The number of hydrogen-bond acceptors (Lipinski definition) is 5. The topological polar surface area (TPSA) is 35.5 Å². The van der Waals surface area contributed by atoms with Crippen LogP contribution in [0.2, 0.25) is 0 Å². The summed E-state index contributed by atoms with van der Waals surface area (Å²) in [4.78, 5) is 16.9. The maximum atomic E-state index is 4.97. The van der Waals surface area contributed by atoms with E-state index in [0.29, 0.717) is 5.41 Å². The standard InChI is InChI=1S/C29H35N5/c1-21-5-7-23(8-6-21)28(2,3)24-9-11-25(12-10-24)33-14-13-26-22(16-33)15-30-27(31-26)34-19-29(20-34)17-32(4)18-29/h5-12,15H,13-14,16-20H2,1-4H3. The van der Waals surface area contributed by atoms with Gasteiger partial charge in [0.05, 0.1) is 5.69 Å². The fraction of sp³-hybridized carbons (Fsp3) is 0.448. The molecule has 3 aliphatic heterocycles. The van der Waals surface area contributed by atoms with Crippen molar-refractivity contribution in [2.75, 3.05) is 49.6 Å². The highest BCUT2D eigenvalue weighted by Gasteiger charge is 2.51. The van der Waals surface area contributed by atoms with Crippen LogP contribution in [0.1, 0.15) is 41.8 Å². The molecule has 0 amide bonds. The van der Waals surface area contributed by atoms with Crippen LogP contribution < -0.4 is 9.80 Å². The first-order chi connectivity index (χ1) is 16.3. The van der Waals surface area contributed by atoms with Crippen molar-refractivity contribution in [1.82, 2.24) is 14.9 Å². The Morgan fingerprint density at radius 3 is 2.15 bits per heavy atom. The Morgan fingerprint density at radius 1 is 0.853 bits per heavy atom. The molecule has 0 aliphatic carbocycles. The Kier molecular flexibility index (Phi) is 4.96. The van der Waals surface area contributed by atoms with Crippen LogP contribution in [-0.2, 0) is 18.4 Å². The van der Waals surface area contributed by atoms with E-state index in [2.05, 4.69) is 97.2 Å². The number of aryl methyl sites for hydroxylation is 1. The van der Waals surface area contributed by atoms with Crippen LogP contribution >= 0.6 is 0 Å². The van der Waals surface area contributed by atoms with Gasteiger partial charge in [0.15, 0.2) is 0 Å². The second-order valence-electron chi connectivity index (χ2n) is 11.4. The number of likely N-dealkylation sites (tertiary alicyclic amines) is 1. The molecule has 3 aromatic rings. The van der Waals surface area contributed by atoms with Gasteiger partial charge < -0.3 is 14.7 Å². The van der Waals surface area contributed by atoms with Crippen LogP contribution in [0.15, 0.2) is 54.7 Å². The molecule has 6 rings (SSSR count). The van der Waals surface area contributed by atoms with Gasteiger partial charge in [-0.2, -0.15) is 0 Å². The summed E-state index contributed by atoms with van der Waals surface area (Å²) in [6.45, 7) is 13.3. The molecule has 0 bridgehead atoms. The Hall–Kier alpha value is -2.92. The van der Waals surface area contributed by atoms with Crippen molar-refractivity contribution >= 4 is 11.6 Å². The molecule has 0 atom stereocenters. The van der Waals surface area contributed by atoms with E-state index in [0.717, 1.165) is 38.5 Å². The fourth-order valence-corrected chi connectivity index (χ4v) is 6.11. The lowest BCUT2D eigenvalue weighted by atomic mass is 9.73. The molecule has 2 saturated heterocycles. The zero-order chi connectivity index (χ0) is 23.5. The summed E-state index contributed by atoms with van der Waals surface area (Å²) in [7, 11) is 2.20. The van der Waals surface area contributed by atoms with Gasteiger partial charge in [-0.05, 0) is 37.2 Å². The smallest absolute Gasteiger partial charge is 0.225 e. The molecule has 2 aromatic carbocycles. The van der Waals surface area contributed by atoms with Crippen LogP contribution in [0, 0.1) is 12.3 Å². The predicted molar refractivity (Wildman–Crippen MR) is 139 cm³/mol. The van der Waals surface area contributed by atoms with Crippen molar-refractivity contribution in [2.45, 2.75) is 39.2 Å². The van der Waals surface area contributed by atoms with E-state index in [1.165, 1.54) is 46.7 Å². The van der Waals surface area contributed by atoms with Gasteiger partial charge in [-0.15, -0.1) is 0 Å². The molecule has 0 unspecified atom stereocenters. The van der Waals surface area contributed by atoms with Crippen LogP contribution in [-0.4, -0.2) is 54.6 Å². The Balaban J connectivity index is 1.13. The largest absolute Gasteiger partial charge is 0.367 e. The lowest BCUT2D eigenvalue weighted by Gasteiger charge is -2.59. The van der Waals surface area contributed by atoms with Crippen LogP contribution in [0.3, 0.4) is 0 Å². The monoisotopic (exact) mass is 453 g/mol. The molecule has 1 aromatic heterocycles. The zero-order valence-corrected chi connectivity index (χ0v) is 20.9. The summed E-state index contributed by atoms with van der Waals surface area (Å²) in [5.41, 5.74) is 8.25. The van der Waals surface area contributed by atoms with Crippen molar-refractivity contribution in [3.8, 4) is 0 Å². The van der Waals surface area contributed by atoms with Gasteiger partial charge in [0.2, 0.25) is 5.95 Å². The van der Waals surface area contributed by atoms with E-state index >= 15 is 0 Å². The van der Waals surface area contributed by atoms with E-state index in [1.54, 1.807) is 0 Å². The van der Waals surface area contributed by atoms with Crippen LogP contribution in [0.25, 0.3) is 0 Å². The van der Waals surface area contributed by atoms with Crippen molar-refractivity contribution in [2.24, 2.45) is 5.41 Å². The highest BCUT2D eigenvalue weighted by atomic mass is 15.4. The van der Waals surface area contributed by atoms with E-state index in [1.807, 2.05) is 0 Å². The van der Waals surface area contributed by atoms with Crippen LogP contribution in [0.4, 0.5) is 11.6 Å². The molecular weight excluding hydrogens is 418 g/mol. The molecule has 176 valence electrons. The maximum absolute atomic E-state index is 4.97. The number of benzene rings is 2. The first-order valence-electron chi connectivity index (χ1n) is 12.5. The summed E-state index contributed by atoms with van der Waals surface area (Å²) in [6.07, 6.45) is 3.04. The number of hydrogen-bond donors (Lipinski definition) is 0. The normalized spacial score (nSPS) is 19.5. The van der Waals surface area contributed by atoms with Gasteiger partial charge in [0.1, 0.15) is 0 Å². The first kappa shape index (κ1) is 21.6. The van der Waals surface area contributed by atoms with Gasteiger partial charge >= 0.3 is 0 Å². The third kappa shape index (κ3) is 3.67. The summed E-state index contributed by atoms with van der Waals surface area (Å²) < 4.78 is 0. The predicted octanol–water partition coefficient (Wildman–Crippen LogP) is 4.43. The Bertz CT molecular complexity index is 1180. The fourth-order valence-electron chi connectivity index (χ4n) is 6.11. The quantitative estimate of drug-likeness (QED) is 0.584. The summed E-state index contributed by atoms with van der Waals surface area (Å²) >= 11 is 0. The summed E-state index contributed by atoms with van der Waals surface area (Å²) in [6, 6.07) is 18.1. The zero-order valence-electron chi connectivity index (χ0n) is 20.9. The number of fused-ring (bicyclic) bond motifs is 1. The second kappa shape index (κ2) is 7.81. The molecule has 4 heterocycles. The molecule has 3 aliphatic rings. The maximum Gasteiger partial charge on any atom is 0.225 e. The van der Waals surface area contributed by atoms with Crippen LogP contribution in [0.5, 0.6) is 0 Å². The lowest BCUT2D eigenvalue weighted by molar-refractivity contribution is -0.00326. The average molecular weight is 454 g/mol. The molecule has 0 saturated carbocycles. The Morgan fingerprint density at radius 2 is 1.50 bits per heavy atom. The van der Waals surface area contributed by atoms with E-state index in [9.17, 15) is 0 Å². The molecule has 5 nitrogen and oxygen atoms in total. The number of nitrogens with zero attached hydrogens (tertiary/aromatic N) is 5. The molecular formula is C29H35N5. The number of rotatable bonds is 4. The second-order valence-corrected chi connectivity index (χ2v) is 11.4. The third-order valence-electron chi connectivity index (χ3n) is 8.19. The van der Waals surface area contributed by atoms with E-state index in [-0.39, 0.29) is 5.41 Å². The number of aromatic nitrogens is 2. The lowest BCUT2D eigenvalue weighted by Crippen LogP contribution is -2.71. The van der Waals surface area contributed by atoms with Crippen molar-refractivity contribution in [3.63, 3.8) is 0 Å². The minimum Gasteiger partial charge on any atom is -0.367 e. The third-order valence-corrected chi connectivity index (χ3v) is 8.19. The van der Waals surface area contributed by atoms with Gasteiger partial charge in [-0.1, -0.05) is 55.8 Å². The minimum atomic E-state index is -0.0185. The first-order valence-corrected chi connectivity index (χ1v) is 12.5. The molecule has 0 N–H and O–H groups in total. The van der Waals surface area contributed by atoms with Gasteiger partial charge in [0, 0.05) is 74.0 Å². The SMILES string of the molecule is Cc1ccc(C(C)(C)c2ccc(N3CCc4nc(N5CC6(CN(C)C6)C5)ncc4C3)cc2)cc1. The molecule has 0 radical (unpaired) electrons. The molecule has 2 fully saturated rings. The van der Waals surface area contributed by atoms with Gasteiger partial charge in [-0.25, -0.2) is 9.97 Å². The van der Waals surface area contributed by atoms with E-state index < -0.39 is 0 Å². The highest BCUT2D eigenvalue weighted by Crippen LogP contribution is 2.40. The summed E-state index contributed by atoms with van der Waals surface area (Å²) in [5.74, 6) is 0.926. The van der Waals surface area contributed by atoms with Crippen molar-refractivity contribution in [1.29, 1.82) is 0 Å².